The number of benzene rings is 2. The Labute approximate surface area is 162 Å². The lowest BCUT2D eigenvalue weighted by atomic mass is 10.1. The van der Waals surface area contributed by atoms with E-state index in [-0.39, 0.29) is 0 Å². The Morgan fingerprint density at radius 3 is 1.18 bits per heavy atom. The molecule has 2 aromatic rings. The Hall–Kier alpha value is -2.22. The summed E-state index contributed by atoms with van der Waals surface area (Å²) in [5, 5.41) is 20.1. The second-order valence-corrected chi connectivity index (χ2v) is 8.94. The Morgan fingerprint density at radius 1 is 0.679 bits per heavy atom. The van der Waals surface area contributed by atoms with Crippen LogP contribution in [0, 0.1) is 0 Å². The highest BCUT2D eigenvalue weighted by molar-refractivity contribution is 7.91. The molecule has 0 aliphatic carbocycles. The topological polar surface area (TPSA) is 201 Å². The summed E-state index contributed by atoms with van der Waals surface area (Å²) in [6, 6.07) is 12.7. The third kappa shape index (κ3) is 9.64. The highest BCUT2D eigenvalue weighted by Crippen LogP contribution is 2.21. The fraction of sp³-hybridized carbons (Fsp3) is 0.250. The van der Waals surface area contributed by atoms with E-state index in [2.05, 4.69) is 0 Å². The van der Waals surface area contributed by atoms with Crippen molar-refractivity contribution in [1.82, 2.24) is 0 Å². The van der Waals surface area contributed by atoms with E-state index in [1.54, 1.807) is 48.5 Å². The minimum absolute atomic E-state index is 0.463. The van der Waals surface area contributed by atoms with Crippen LogP contribution in [0.3, 0.4) is 0 Å². The molecule has 2 aromatic carbocycles. The van der Waals surface area contributed by atoms with Gasteiger partial charge in [-0.25, -0.2) is 8.42 Å². The molecule has 156 valence electrons. The van der Waals surface area contributed by atoms with E-state index in [0.717, 1.165) is 0 Å². The lowest BCUT2D eigenvalue weighted by Crippen LogP contribution is -2.21. The zero-order chi connectivity index (χ0) is 21.5. The fourth-order valence-electron chi connectivity index (χ4n) is 2.18. The zero-order valence-electron chi connectivity index (χ0n) is 14.6. The van der Waals surface area contributed by atoms with E-state index in [0.29, 0.717) is 22.5 Å². The first-order valence-electron chi connectivity index (χ1n) is 7.74. The normalized spacial score (nSPS) is 13.9. The van der Waals surface area contributed by atoms with Crippen molar-refractivity contribution in [1.29, 1.82) is 0 Å². The first-order chi connectivity index (χ1) is 12.8. The van der Waals surface area contributed by atoms with Crippen molar-refractivity contribution in [2.45, 2.75) is 12.2 Å². The standard InChI is InChI=1S/C16H20N2O4S.H2O4S/c17-13-5-1-11(2-6-13)15(19)9-23(21,22)10-16(20)12-3-7-14(18)8-4-12;1-5(2,3)4/h1-8,15-16,19-20H,9-10,17-18H2;(H2,1,2,3,4). The maximum Gasteiger partial charge on any atom is 0.394 e. The molecule has 8 N–H and O–H groups in total. The number of nitrogen functional groups attached to an aromatic ring is 2. The van der Waals surface area contributed by atoms with Gasteiger partial charge in [-0.05, 0) is 35.4 Å². The summed E-state index contributed by atoms with van der Waals surface area (Å²) in [5.74, 6) is -0.939. The molecule has 0 heterocycles. The van der Waals surface area contributed by atoms with Crippen molar-refractivity contribution in [3.8, 4) is 0 Å². The zero-order valence-corrected chi connectivity index (χ0v) is 16.2. The van der Waals surface area contributed by atoms with E-state index >= 15 is 0 Å². The monoisotopic (exact) mass is 434 g/mol. The van der Waals surface area contributed by atoms with Gasteiger partial charge in [0.2, 0.25) is 0 Å². The van der Waals surface area contributed by atoms with Gasteiger partial charge in [-0.3, -0.25) is 9.11 Å². The quantitative estimate of drug-likeness (QED) is 0.272. The highest BCUT2D eigenvalue weighted by atomic mass is 32.3. The second kappa shape index (κ2) is 9.82. The summed E-state index contributed by atoms with van der Waals surface area (Å²) in [6.07, 6.45) is -2.33. The van der Waals surface area contributed by atoms with Gasteiger partial charge >= 0.3 is 10.4 Å². The number of hydrogen-bond donors (Lipinski definition) is 6. The minimum atomic E-state index is -4.67. The lowest BCUT2D eigenvalue weighted by Gasteiger charge is -2.15. The fourth-order valence-corrected chi connectivity index (χ4v) is 3.66. The molecule has 0 fully saturated rings. The number of nitrogens with two attached hydrogens (primary N) is 2. The maximum absolute atomic E-state index is 12.2. The van der Waals surface area contributed by atoms with E-state index in [1.807, 2.05) is 0 Å². The van der Waals surface area contributed by atoms with Crippen molar-refractivity contribution in [3.63, 3.8) is 0 Å². The molecule has 0 spiro atoms. The second-order valence-electron chi connectivity index (χ2n) is 5.89. The van der Waals surface area contributed by atoms with E-state index in [4.69, 9.17) is 29.0 Å². The summed E-state index contributed by atoms with van der Waals surface area (Å²) in [5.41, 5.74) is 13.1. The highest BCUT2D eigenvalue weighted by Gasteiger charge is 2.23. The molecule has 0 bridgehead atoms. The molecule has 2 rings (SSSR count). The third-order valence-corrected chi connectivity index (χ3v) is 5.11. The van der Waals surface area contributed by atoms with Crippen LogP contribution in [-0.2, 0) is 20.2 Å². The smallest absolute Gasteiger partial charge is 0.394 e. The van der Waals surface area contributed by atoms with Crippen LogP contribution in [0.25, 0.3) is 0 Å². The van der Waals surface area contributed by atoms with Gasteiger partial charge in [0.1, 0.15) is 0 Å². The summed E-state index contributed by atoms with van der Waals surface area (Å²) >= 11 is 0. The molecule has 0 radical (unpaired) electrons. The first kappa shape index (κ1) is 23.8. The summed E-state index contributed by atoms with van der Waals surface area (Å²) in [6.45, 7) is 0. The maximum atomic E-state index is 12.2. The Morgan fingerprint density at radius 2 is 0.929 bits per heavy atom. The van der Waals surface area contributed by atoms with Gasteiger partial charge in [0.05, 0.1) is 23.7 Å². The number of rotatable bonds is 6. The van der Waals surface area contributed by atoms with E-state index < -0.39 is 43.9 Å². The molecule has 0 saturated carbocycles. The van der Waals surface area contributed by atoms with Crippen molar-refractivity contribution in [2.75, 3.05) is 23.0 Å². The van der Waals surface area contributed by atoms with E-state index in [1.165, 1.54) is 0 Å². The molecule has 0 aliphatic heterocycles. The van der Waals surface area contributed by atoms with Crippen LogP contribution in [0.1, 0.15) is 23.3 Å². The minimum Gasteiger partial charge on any atom is -0.399 e. The van der Waals surface area contributed by atoms with Crippen LogP contribution in [0.5, 0.6) is 0 Å². The molecule has 0 aliphatic rings. The number of anilines is 2. The molecule has 0 amide bonds. The van der Waals surface area contributed by atoms with Gasteiger partial charge in [0.25, 0.3) is 0 Å². The van der Waals surface area contributed by atoms with Gasteiger partial charge < -0.3 is 21.7 Å². The first-order valence-corrected chi connectivity index (χ1v) is 11.0. The average Bonchev–Trinajstić information content (AvgIpc) is 2.53. The Balaban J connectivity index is 0.000000696. The van der Waals surface area contributed by atoms with Crippen molar-refractivity contribution in [3.05, 3.63) is 59.7 Å². The number of aliphatic hydroxyl groups is 2. The third-order valence-electron chi connectivity index (χ3n) is 3.47. The summed E-state index contributed by atoms with van der Waals surface area (Å²) in [4.78, 5) is 0. The number of aliphatic hydroxyl groups excluding tert-OH is 2. The Bertz CT molecular complexity index is 891. The molecule has 2 unspecified atom stereocenters. The van der Waals surface area contributed by atoms with Gasteiger partial charge in [-0.2, -0.15) is 8.42 Å². The Kier molecular flexibility index (Phi) is 8.35. The summed E-state index contributed by atoms with van der Waals surface area (Å²) in [7, 11) is -8.33. The largest absolute Gasteiger partial charge is 0.399 e. The lowest BCUT2D eigenvalue weighted by molar-refractivity contribution is 0.194. The molecule has 10 nitrogen and oxygen atoms in total. The van der Waals surface area contributed by atoms with Gasteiger partial charge in [0.15, 0.2) is 9.84 Å². The van der Waals surface area contributed by atoms with Gasteiger partial charge in [-0.1, -0.05) is 24.3 Å². The van der Waals surface area contributed by atoms with Crippen LogP contribution >= 0.6 is 0 Å². The molecule has 2 atom stereocenters. The van der Waals surface area contributed by atoms with Crippen molar-refractivity contribution in [2.24, 2.45) is 0 Å². The van der Waals surface area contributed by atoms with Crippen LogP contribution in [0.4, 0.5) is 11.4 Å². The predicted octanol–water partition coefficient (Wildman–Crippen LogP) is 0.380. The van der Waals surface area contributed by atoms with Crippen molar-refractivity contribution < 1.29 is 36.2 Å². The molecule has 0 saturated heterocycles. The van der Waals surface area contributed by atoms with Gasteiger partial charge in [0, 0.05) is 11.4 Å². The summed E-state index contributed by atoms with van der Waals surface area (Å²) < 4.78 is 55.9. The van der Waals surface area contributed by atoms with Crippen molar-refractivity contribution >= 4 is 31.6 Å². The van der Waals surface area contributed by atoms with Crippen LogP contribution in [0.2, 0.25) is 0 Å². The van der Waals surface area contributed by atoms with E-state index in [9.17, 15) is 18.6 Å². The molecular formula is C16H22N2O8S2. The molecular weight excluding hydrogens is 412 g/mol. The van der Waals surface area contributed by atoms with Crippen LogP contribution < -0.4 is 11.5 Å². The van der Waals surface area contributed by atoms with Crippen LogP contribution in [-0.4, -0.2) is 47.7 Å². The SMILES string of the molecule is Nc1ccc(C(O)CS(=O)(=O)CC(O)c2ccc(N)cc2)cc1.O=S(=O)(O)O. The van der Waals surface area contributed by atoms with Crippen LogP contribution in [0.15, 0.2) is 48.5 Å². The number of hydrogen-bond acceptors (Lipinski definition) is 8. The molecule has 28 heavy (non-hydrogen) atoms. The molecule has 0 aromatic heterocycles. The molecule has 12 heteroatoms. The number of sulfone groups is 1. The predicted molar refractivity (Wildman–Crippen MR) is 104 cm³/mol. The van der Waals surface area contributed by atoms with Gasteiger partial charge in [-0.15, -0.1) is 0 Å². The average molecular weight is 434 g/mol.